The van der Waals surface area contributed by atoms with Crippen molar-refractivity contribution in [2.45, 2.75) is 12.5 Å². The van der Waals surface area contributed by atoms with Crippen LogP contribution in [0.25, 0.3) is 0 Å². The number of carbonyl (C=O) groups is 2. The highest BCUT2D eigenvalue weighted by atomic mass is 35.5. The van der Waals surface area contributed by atoms with Crippen LogP contribution in [-0.4, -0.2) is 24.4 Å². The molecule has 3 rings (SSSR count). The highest BCUT2D eigenvalue weighted by Gasteiger charge is 2.33. The van der Waals surface area contributed by atoms with Crippen molar-refractivity contribution in [2.75, 3.05) is 16.8 Å². The maximum atomic E-state index is 13.9. The fourth-order valence-electron chi connectivity index (χ4n) is 2.73. The second-order valence-electron chi connectivity index (χ2n) is 5.49. The number of anilines is 2. The van der Waals surface area contributed by atoms with Crippen LogP contribution in [0.2, 0.25) is 5.02 Å². The Balaban J connectivity index is 1.78. The van der Waals surface area contributed by atoms with E-state index in [9.17, 15) is 14.0 Å². The molecule has 3 N–H and O–H groups in total. The lowest BCUT2D eigenvalue weighted by Gasteiger charge is -2.18. The minimum absolute atomic E-state index is 0.179. The van der Waals surface area contributed by atoms with Crippen LogP contribution in [0.3, 0.4) is 0 Å². The number of benzene rings is 2. The smallest absolute Gasteiger partial charge is 0.250 e. The number of nitrogens with two attached hydrogens (primary N) is 1. The molecule has 2 aromatic rings. The summed E-state index contributed by atoms with van der Waals surface area (Å²) in [6, 6.07) is 10.4. The van der Waals surface area contributed by atoms with Crippen LogP contribution in [0, 0.1) is 5.82 Å². The van der Waals surface area contributed by atoms with Crippen LogP contribution < -0.4 is 16.0 Å². The van der Waals surface area contributed by atoms with Gasteiger partial charge >= 0.3 is 0 Å². The van der Waals surface area contributed by atoms with Crippen LogP contribution in [0.1, 0.15) is 16.8 Å². The van der Waals surface area contributed by atoms with E-state index < -0.39 is 17.8 Å². The average Bonchev–Trinajstić information content (AvgIpc) is 2.90. The van der Waals surface area contributed by atoms with Crippen molar-refractivity contribution >= 4 is 34.8 Å². The van der Waals surface area contributed by atoms with Crippen LogP contribution in [0.15, 0.2) is 42.5 Å². The van der Waals surface area contributed by atoms with Crippen molar-refractivity contribution in [3.8, 4) is 0 Å². The highest BCUT2D eigenvalue weighted by molar-refractivity contribution is 6.33. The number of para-hydroxylation sites is 1. The SMILES string of the molecule is NC(=O)c1cc(NC2CCN(c3ccccc3F)C2=O)ccc1Cl. The van der Waals surface area contributed by atoms with Gasteiger partial charge in [0.2, 0.25) is 11.8 Å². The molecule has 2 amide bonds. The Kier molecular flexibility index (Phi) is 4.40. The maximum absolute atomic E-state index is 13.9. The number of amides is 2. The topological polar surface area (TPSA) is 75.4 Å². The Morgan fingerprint density at radius 1 is 1.29 bits per heavy atom. The van der Waals surface area contributed by atoms with Crippen molar-refractivity contribution in [1.82, 2.24) is 0 Å². The summed E-state index contributed by atoms with van der Waals surface area (Å²) < 4.78 is 13.9. The van der Waals surface area contributed by atoms with Gasteiger partial charge in [0.1, 0.15) is 11.9 Å². The zero-order valence-electron chi connectivity index (χ0n) is 12.6. The Morgan fingerprint density at radius 2 is 2.04 bits per heavy atom. The van der Waals surface area contributed by atoms with E-state index in [1.54, 1.807) is 24.3 Å². The van der Waals surface area contributed by atoms with Gasteiger partial charge in [-0.05, 0) is 36.8 Å². The maximum Gasteiger partial charge on any atom is 0.250 e. The molecule has 1 atom stereocenters. The largest absolute Gasteiger partial charge is 0.374 e. The standard InChI is InChI=1S/C17H15ClFN3O2/c18-12-6-5-10(9-11(12)16(20)23)21-14-7-8-22(17(14)24)15-4-2-1-3-13(15)19/h1-6,9,14,21H,7-8H2,(H2,20,23). The van der Waals surface area contributed by atoms with Gasteiger partial charge in [0, 0.05) is 12.2 Å². The van der Waals surface area contributed by atoms with Crippen LogP contribution in [0.4, 0.5) is 15.8 Å². The van der Waals surface area contributed by atoms with Gasteiger partial charge in [-0.2, -0.15) is 0 Å². The summed E-state index contributed by atoms with van der Waals surface area (Å²) >= 11 is 5.91. The van der Waals surface area contributed by atoms with Crippen LogP contribution >= 0.6 is 11.6 Å². The van der Waals surface area contributed by atoms with Crippen molar-refractivity contribution in [2.24, 2.45) is 5.73 Å². The van der Waals surface area contributed by atoms with Gasteiger partial charge in [-0.25, -0.2) is 4.39 Å². The number of nitrogens with one attached hydrogen (secondary N) is 1. The minimum atomic E-state index is -0.644. The van der Waals surface area contributed by atoms with E-state index in [0.717, 1.165) is 0 Å². The molecule has 124 valence electrons. The minimum Gasteiger partial charge on any atom is -0.374 e. The molecule has 0 spiro atoms. The third-order valence-electron chi connectivity index (χ3n) is 3.92. The Morgan fingerprint density at radius 3 is 2.75 bits per heavy atom. The Bertz CT molecular complexity index is 812. The van der Waals surface area contributed by atoms with Crippen molar-refractivity contribution in [3.05, 3.63) is 58.9 Å². The quantitative estimate of drug-likeness (QED) is 0.893. The summed E-state index contributed by atoms with van der Waals surface area (Å²) in [5, 5.41) is 3.30. The fourth-order valence-corrected chi connectivity index (χ4v) is 2.94. The lowest BCUT2D eigenvalue weighted by Crippen LogP contribution is -2.34. The molecule has 0 aromatic heterocycles. The molecule has 24 heavy (non-hydrogen) atoms. The van der Waals surface area contributed by atoms with Crippen molar-refractivity contribution in [3.63, 3.8) is 0 Å². The van der Waals surface area contributed by atoms with Crippen LogP contribution in [-0.2, 0) is 4.79 Å². The molecule has 7 heteroatoms. The summed E-state index contributed by atoms with van der Waals surface area (Å²) in [6.07, 6.45) is 0.516. The van der Waals surface area contributed by atoms with Gasteiger partial charge in [0.05, 0.1) is 16.3 Å². The number of rotatable bonds is 4. The molecule has 0 aliphatic carbocycles. The van der Waals surface area contributed by atoms with E-state index in [4.69, 9.17) is 17.3 Å². The molecule has 1 heterocycles. The summed E-state index contributed by atoms with van der Waals surface area (Å²) in [4.78, 5) is 25.3. The zero-order valence-corrected chi connectivity index (χ0v) is 13.4. The number of primary amides is 1. The second-order valence-corrected chi connectivity index (χ2v) is 5.89. The fraction of sp³-hybridized carbons (Fsp3) is 0.176. The molecule has 1 unspecified atom stereocenters. The van der Waals surface area contributed by atoms with Crippen molar-refractivity contribution < 1.29 is 14.0 Å². The molecule has 2 aromatic carbocycles. The molecule has 0 saturated carbocycles. The Labute approximate surface area is 143 Å². The van der Waals surface area contributed by atoms with E-state index in [1.807, 2.05) is 0 Å². The third kappa shape index (κ3) is 3.05. The third-order valence-corrected chi connectivity index (χ3v) is 4.25. The van der Waals surface area contributed by atoms with E-state index >= 15 is 0 Å². The summed E-state index contributed by atoms with van der Waals surface area (Å²) in [7, 11) is 0. The van der Waals surface area contributed by atoms with Gasteiger partial charge < -0.3 is 16.0 Å². The molecule has 0 radical (unpaired) electrons. The number of nitrogens with zero attached hydrogens (tertiary/aromatic N) is 1. The number of hydrogen-bond acceptors (Lipinski definition) is 3. The van der Waals surface area contributed by atoms with E-state index in [2.05, 4.69) is 5.32 Å². The lowest BCUT2D eigenvalue weighted by atomic mass is 10.1. The highest BCUT2D eigenvalue weighted by Crippen LogP contribution is 2.27. The first-order chi connectivity index (χ1) is 11.5. The second kappa shape index (κ2) is 6.49. The average molecular weight is 348 g/mol. The first-order valence-corrected chi connectivity index (χ1v) is 7.77. The van der Waals surface area contributed by atoms with Gasteiger partial charge in [0.25, 0.3) is 0 Å². The molecular formula is C17H15ClFN3O2. The summed E-state index contributed by atoms with van der Waals surface area (Å²) in [5.41, 5.74) is 6.27. The molecule has 1 aliphatic heterocycles. The summed E-state index contributed by atoms with van der Waals surface area (Å²) in [6.45, 7) is 0.410. The van der Waals surface area contributed by atoms with Crippen LogP contribution in [0.5, 0.6) is 0 Å². The normalized spacial score (nSPS) is 17.2. The lowest BCUT2D eigenvalue weighted by molar-refractivity contribution is -0.117. The molecule has 5 nitrogen and oxygen atoms in total. The number of carbonyl (C=O) groups excluding carboxylic acids is 2. The predicted molar refractivity (Wildman–Crippen MR) is 90.8 cm³/mol. The molecule has 0 bridgehead atoms. The van der Waals surface area contributed by atoms with Crippen molar-refractivity contribution in [1.29, 1.82) is 0 Å². The van der Waals surface area contributed by atoms with E-state index in [0.29, 0.717) is 18.7 Å². The molecule has 1 fully saturated rings. The Hall–Kier alpha value is -2.60. The van der Waals surface area contributed by atoms with Gasteiger partial charge in [-0.3, -0.25) is 9.59 Å². The van der Waals surface area contributed by atoms with Gasteiger partial charge in [-0.1, -0.05) is 23.7 Å². The van der Waals surface area contributed by atoms with E-state index in [1.165, 1.54) is 23.1 Å². The molecular weight excluding hydrogens is 333 g/mol. The first kappa shape index (κ1) is 16.3. The monoisotopic (exact) mass is 347 g/mol. The number of halogens is 2. The van der Waals surface area contributed by atoms with E-state index in [-0.39, 0.29) is 22.2 Å². The molecule has 1 saturated heterocycles. The van der Waals surface area contributed by atoms with Gasteiger partial charge in [-0.15, -0.1) is 0 Å². The summed E-state index contributed by atoms with van der Waals surface area (Å²) in [5.74, 6) is -1.31. The van der Waals surface area contributed by atoms with Gasteiger partial charge in [0.15, 0.2) is 0 Å². The molecule has 1 aliphatic rings. The predicted octanol–water partition coefficient (Wildman–Crippen LogP) is 2.80. The zero-order chi connectivity index (χ0) is 17.3. The number of hydrogen-bond donors (Lipinski definition) is 2. The first-order valence-electron chi connectivity index (χ1n) is 7.39.